The molecule has 2 rings (SSSR count). The van der Waals surface area contributed by atoms with E-state index in [2.05, 4.69) is 14.6 Å². The summed E-state index contributed by atoms with van der Waals surface area (Å²) in [4.78, 5) is 5.39. The molecule has 0 unspecified atom stereocenters. The van der Waals surface area contributed by atoms with E-state index in [0.29, 0.717) is 0 Å². The van der Waals surface area contributed by atoms with Gasteiger partial charge in [0.25, 0.3) is 0 Å². The van der Waals surface area contributed by atoms with Gasteiger partial charge in [0.05, 0.1) is 0 Å². The molecule has 0 bridgehead atoms. The Labute approximate surface area is 125 Å². The molecule has 0 saturated carbocycles. The van der Waals surface area contributed by atoms with Gasteiger partial charge in [-0.15, -0.1) is 0 Å². The number of likely N-dealkylation sites (N-methyl/N-ethyl adjacent to an activating group) is 1. The lowest BCUT2D eigenvalue weighted by Gasteiger charge is -2.08. The van der Waals surface area contributed by atoms with E-state index in [0.717, 1.165) is 29.4 Å². The molecule has 1 aromatic carbocycles. The highest BCUT2D eigenvalue weighted by molar-refractivity contribution is 7.92. The van der Waals surface area contributed by atoms with E-state index in [1.165, 1.54) is 18.0 Å². The van der Waals surface area contributed by atoms with Crippen LogP contribution in [0.3, 0.4) is 0 Å². The second-order valence-corrected chi connectivity index (χ2v) is 6.99. The summed E-state index contributed by atoms with van der Waals surface area (Å²) in [5.41, 5.74) is 3.18. The molecule has 1 heterocycles. The molecule has 0 saturated heterocycles. The van der Waals surface area contributed by atoms with Crippen molar-refractivity contribution in [3.05, 3.63) is 40.9 Å². The molecule has 1 aromatic heterocycles. The van der Waals surface area contributed by atoms with E-state index < -0.39 is 10.0 Å². The van der Waals surface area contributed by atoms with Crippen molar-refractivity contribution < 1.29 is 8.42 Å². The van der Waals surface area contributed by atoms with E-state index >= 15 is 0 Å². The second-order valence-electron chi connectivity index (χ2n) is 5.22. The summed E-state index contributed by atoms with van der Waals surface area (Å²) in [6.45, 7) is 0.973. The zero-order valence-electron chi connectivity index (χ0n) is 12.6. The van der Waals surface area contributed by atoms with Crippen molar-refractivity contribution in [1.82, 2.24) is 14.6 Å². The first-order valence-corrected chi connectivity index (χ1v) is 8.32. The lowest BCUT2D eigenvalue weighted by atomic mass is 10.1. The normalized spacial score (nSPS) is 12.8. The Hall–Kier alpha value is -1.63. The van der Waals surface area contributed by atoms with E-state index in [1.807, 2.05) is 38.5 Å². The fourth-order valence-corrected chi connectivity index (χ4v) is 2.56. The molecule has 0 fully saturated rings. The molecule has 114 valence electrons. The molecule has 2 aromatic rings. The maximum atomic E-state index is 11.4. The Balaban J connectivity index is 2.29. The number of H-pyrrole nitrogens is 1. The maximum absolute atomic E-state index is 11.4. The topological polar surface area (TPSA) is 65.2 Å². The average Bonchev–Trinajstić information content (AvgIpc) is 2.85. The average molecular weight is 307 g/mol. The summed E-state index contributed by atoms with van der Waals surface area (Å²) in [7, 11) is 2.16. The molecule has 0 aliphatic rings. The van der Waals surface area contributed by atoms with E-state index in [1.54, 1.807) is 6.08 Å². The first-order chi connectivity index (χ1) is 9.91. The molecular formula is C15H21N3O2S. The lowest BCUT2D eigenvalue weighted by molar-refractivity contribution is 0.414. The lowest BCUT2D eigenvalue weighted by Crippen LogP contribution is -2.14. The van der Waals surface area contributed by atoms with Gasteiger partial charge in [0.15, 0.2) is 0 Å². The molecular weight excluding hydrogens is 286 g/mol. The summed E-state index contributed by atoms with van der Waals surface area (Å²) >= 11 is 0. The monoisotopic (exact) mass is 307 g/mol. The van der Waals surface area contributed by atoms with E-state index in [9.17, 15) is 8.42 Å². The minimum atomic E-state index is -3.33. The van der Waals surface area contributed by atoms with Crippen molar-refractivity contribution in [2.24, 2.45) is 0 Å². The molecule has 0 amide bonds. The predicted molar refractivity (Wildman–Crippen MR) is 87.6 cm³/mol. The minimum Gasteiger partial charge on any atom is -0.361 e. The van der Waals surface area contributed by atoms with Gasteiger partial charge < -0.3 is 9.88 Å². The van der Waals surface area contributed by atoms with Gasteiger partial charge in [0.2, 0.25) is 10.0 Å². The predicted octanol–water partition coefficient (Wildman–Crippen LogP) is 1.79. The summed E-state index contributed by atoms with van der Waals surface area (Å²) in [5, 5.41) is 2.32. The van der Waals surface area contributed by atoms with Crippen LogP contribution in [0.25, 0.3) is 17.0 Å². The number of aromatic amines is 1. The van der Waals surface area contributed by atoms with Crippen LogP contribution in [0.2, 0.25) is 0 Å². The number of benzene rings is 1. The van der Waals surface area contributed by atoms with Crippen LogP contribution in [0.1, 0.15) is 11.1 Å². The number of nitrogens with one attached hydrogen (secondary N) is 2. The zero-order valence-corrected chi connectivity index (χ0v) is 13.4. The third-order valence-corrected chi connectivity index (χ3v) is 4.41. The van der Waals surface area contributed by atoms with Crippen LogP contribution < -0.4 is 4.72 Å². The van der Waals surface area contributed by atoms with Crippen molar-refractivity contribution >= 4 is 27.0 Å². The highest BCUT2D eigenvalue weighted by Gasteiger charge is 2.05. The van der Waals surface area contributed by atoms with Crippen LogP contribution in [-0.2, 0) is 16.4 Å². The smallest absolute Gasteiger partial charge is 0.233 e. The highest BCUT2D eigenvalue weighted by atomic mass is 32.2. The summed E-state index contributed by atoms with van der Waals surface area (Å²) in [5.74, 6) is 0. The third kappa shape index (κ3) is 4.17. The van der Waals surface area contributed by atoms with Gasteiger partial charge in [-0.2, -0.15) is 0 Å². The number of rotatable bonds is 6. The number of fused-ring (bicyclic) bond motifs is 1. The Morgan fingerprint density at radius 3 is 2.76 bits per heavy atom. The van der Waals surface area contributed by atoms with Crippen LogP contribution in [0.4, 0.5) is 0 Å². The maximum Gasteiger partial charge on any atom is 0.233 e. The molecule has 0 aliphatic heterocycles. The standard InChI is InChI=1S/C15H21N3O2S/c1-16-21(19,20)9-7-12-4-5-15-14(10-12)13(11-17-15)6-8-18(2)3/h4-5,7,9-11,16-17H,6,8H2,1-3H3. The molecule has 2 N–H and O–H groups in total. The molecule has 0 radical (unpaired) electrons. The quantitative estimate of drug-likeness (QED) is 0.855. The minimum absolute atomic E-state index is 0.868. The van der Waals surface area contributed by atoms with E-state index in [4.69, 9.17) is 0 Å². The van der Waals surface area contributed by atoms with Crippen molar-refractivity contribution in [3.63, 3.8) is 0 Å². The zero-order chi connectivity index (χ0) is 15.5. The van der Waals surface area contributed by atoms with Crippen LogP contribution in [0.5, 0.6) is 0 Å². The highest BCUT2D eigenvalue weighted by Crippen LogP contribution is 2.21. The number of hydrogen-bond donors (Lipinski definition) is 2. The third-order valence-electron chi connectivity index (χ3n) is 3.34. The summed E-state index contributed by atoms with van der Waals surface area (Å²) < 4.78 is 25.1. The SMILES string of the molecule is CNS(=O)(=O)C=Cc1ccc2[nH]cc(CCN(C)C)c2c1. The molecule has 0 atom stereocenters. The van der Waals surface area contributed by atoms with Crippen molar-refractivity contribution in [2.75, 3.05) is 27.7 Å². The van der Waals surface area contributed by atoms with Gasteiger partial charge in [-0.25, -0.2) is 13.1 Å². The molecule has 0 spiro atoms. The van der Waals surface area contributed by atoms with Crippen molar-refractivity contribution in [3.8, 4) is 0 Å². The number of aromatic nitrogens is 1. The van der Waals surface area contributed by atoms with Crippen LogP contribution in [-0.4, -0.2) is 46.0 Å². The Bertz CT molecular complexity index is 745. The fraction of sp³-hybridized carbons (Fsp3) is 0.333. The molecule has 0 aliphatic carbocycles. The van der Waals surface area contributed by atoms with Gasteiger partial charge in [-0.1, -0.05) is 6.07 Å². The molecule has 21 heavy (non-hydrogen) atoms. The van der Waals surface area contributed by atoms with Gasteiger partial charge in [0, 0.05) is 29.1 Å². The molecule has 5 nitrogen and oxygen atoms in total. The van der Waals surface area contributed by atoms with E-state index in [-0.39, 0.29) is 0 Å². The summed E-state index contributed by atoms with van der Waals surface area (Å²) in [6, 6.07) is 5.88. The van der Waals surface area contributed by atoms with Crippen molar-refractivity contribution in [2.45, 2.75) is 6.42 Å². The Morgan fingerprint density at radius 1 is 1.33 bits per heavy atom. The number of nitrogens with zero attached hydrogens (tertiary/aromatic N) is 1. The molecule has 6 heteroatoms. The Kier molecular flexibility index (Phi) is 4.82. The van der Waals surface area contributed by atoms with Crippen LogP contribution >= 0.6 is 0 Å². The van der Waals surface area contributed by atoms with Gasteiger partial charge >= 0.3 is 0 Å². The van der Waals surface area contributed by atoms with Gasteiger partial charge in [-0.05, 0) is 56.9 Å². The fourth-order valence-electron chi connectivity index (χ4n) is 2.09. The number of hydrogen-bond acceptors (Lipinski definition) is 3. The van der Waals surface area contributed by atoms with Crippen molar-refractivity contribution in [1.29, 1.82) is 0 Å². The van der Waals surface area contributed by atoms with Gasteiger partial charge in [-0.3, -0.25) is 0 Å². The van der Waals surface area contributed by atoms with Crippen LogP contribution in [0, 0.1) is 0 Å². The Morgan fingerprint density at radius 2 is 2.10 bits per heavy atom. The second kappa shape index (κ2) is 6.43. The first kappa shape index (κ1) is 15.8. The van der Waals surface area contributed by atoms with Crippen LogP contribution in [0.15, 0.2) is 29.8 Å². The first-order valence-electron chi connectivity index (χ1n) is 6.77. The summed E-state index contributed by atoms with van der Waals surface area (Å²) in [6.07, 6.45) is 4.58. The largest absolute Gasteiger partial charge is 0.361 e. The number of sulfonamides is 1. The van der Waals surface area contributed by atoms with Gasteiger partial charge in [0.1, 0.15) is 0 Å².